The van der Waals surface area contributed by atoms with Gasteiger partial charge in [0.15, 0.2) is 0 Å². The Kier molecular flexibility index (Phi) is 7.82. The topological polar surface area (TPSA) is 56.0 Å². The normalized spacial score (nSPS) is 18.5. The molecular weight excluding hydrogens is 220 g/mol. The molecule has 0 rings (SSSR count). The molecule has 94 valence electrons. The third-order valence-corrected chi connectivity index (χ3v) is 3.84. The van der Waals surface area contributed by atoms with Crippen molar-refractivity contribution in [3.8, 4) is 6.07 Å². The van der Waals surface area contributed by atoms with E-state index in [0.717, 1.165) is 19.4 Å². The zero-order valence-corrected chi connectivity index (χ0v) is 11.6. The van der Waals surface area contributed by atoms with Crippen LogP contribution in [0, 0.1) is 11.3 Å². The Bertz CT molecular complexity index is 230. The largest absolute Gasteiger partial charge is 0.396 e. The lowest BCUT2D eigenvalue weighted by molar-refractivity contribution is 0.288. The molecule has 3 unspecified atom stereocenters. The number of nitriles is 1. The van der Waals surface area contributed by atoms with Crippen LogP contribution < -0.4 is 5.32 Å². The number of rotatable bonds is 8. The molecule has 0 fully saturated rings. The van der Waals surface area contributed by atoms with Crippen LogP contribution in [0.2, 0.25) is 0 Å². The zero-order chi connectivity index (χ0) is 12.6. The minimum atomic E-state index is -0.430. The van der Waals surface area contributed by atoms with Gasteiger partial charge in [-0.3, -0.25) is 5.32 Å². The van der Waals surface area contributed by atoms with E-state index in [2.05, 4.69) is 25.2 Å². The number of aliphatic hydroxyl groups excluding tert-OH is 1. The Labute approximate surface area is 104 Å². The van der Waals surface area contributed by atoms with Gasteiger partial charge in [-0.15, -0.1) is 0 Å². The SMILES string of the molecule is CCNC(C)(C#N)CC(C)SC(C)CCO. The molecule has 3 atom stereocenters. The maximum Gasteiger partial charge on any atom is 0.104 e. The highest BCUT2D eigenvalue weighted by Gasteiger charge is 2.25. The Morgan fingerprint density at radius 2 is 2.06 bits per heavy atom. The first-order chi connectivity index (χ1) is 7.47. The van der Waals surface area contributed by atoms with Crippen LogP contribution in [0.15, 0.2) is 0 Å². The van der Waals surface area contributed by atoms with Gasteiger partial charge in [0.05, 0.1) is 6.07 Å². The molecule has 0 aliphatic heterocycles. The number of thioether (sulfide) groups is 1. The van der Waals surface area contributed by atoms with Crippen LogP contribution in [0.5, 0.6) is 0 Å². The van der Waals surface area contributed by atoms with Gasteiger partial charge in [-0.1, -0.05) is 20.8 Å². The predicted molar refractivity (Wildman–Crippen MR) is 70.5 cm³/mol. The highest BCUT2D eigenvalue weighted by Crippen LogP contribution is 2.26. The van der Waals surface area contributed by atoms with Crippen LogP contribution in [-0.4, -0.2) is 34.3 Å². The van der Waals surface area contributed by atoms with Gasteiger partial charge in [0, 0.05) is 17.1 Å². The summed E-state index contributed by atoms with van der Waals surface area (Å²) in [6, 6.07) is 2.34. The Balaban J connectivity index is 4.11. The molecule has 16 heavy (non-hydrogen) atoms. The fourth-order valence-electron chi connectivity index (χ4n) is 1.82. The van der Waals surface area contributed by atoms with E-state index < -0.39 is 5.54 Å². The summed E-state index contributed by atoms with van der Waals surface area (Å²) in [6.07, 6.45) is 1.65. The highest BCUT2D eigenvalue weighted by molar-refractivity contribution is 8.00. The van der Waals surface area contributed by atoms with E-state index >= 15 is 0 Å². The van der Waals surface area contributed by atoms with Crippen molar-refractivity contribution >= 4 is 11.8 Å². The number of hydrogen-bond acceptors (Lipinski definition) is 4. The maximum atomic E-state index is 9.14. The Hall–Kier alpha value is -0.240. The van der Waals surface area contributed by atoms with Gasteiger partial charge < -0.3 is 5.11 Å². The molecule has 0 aromatic heterocycles. The summed E-state index contributed by atoms with van der Waals surface area (Å²) in [5.74, 6) is 0. The lowest BCUT2D eigenvalue weighted by Gasteiger charge is -2.27. The van der Waals surface area contributed by atoms with Gasteiger partial charge in [0.25, 0.3) is 0 Å². The van der Waals surface area contributed by atoms with E-state index in [0.29, 0.717) is 10.5 Å². The molecule has 0 bridgehead atoms. The second kappa shape index (κ2) is 7.94. The van der Waals surface area contributed by atoms with E-state index in [-0.39, 0.29) is 6.61 Å². The fraction of sp³-hybridized carbons (Fsp3) is 0.917. The highest BCUT2D eigenvalue weighted by atomic mass is 32.2. The fourth-order valence-corrected chi connectivity index (χ4v) is 3.28. The first-order valence-corrected chi connectivity index (χ1v) is 6.84. The van der Waals surface area contributed by atoms with Crippen LogP contribution in [0.1, 0.15) is 40.5 Å². The number of aliphatic hydroxyl groups is 1. The molecule has 4 heteroatoms. The number of nitrogens with zero attached hydrogens (tertiary/aromatic N) is 1. The molecule has 0 amide bonds. The number of hydrogen-bond donors (Lipinski definition) is 2. The minimum Gasteiger partial charge on any atom is -0.396 e. The standard InChI is InChI=1S/C12H24N2OS/c1-5-14-12(4,9-13)8-11(3)16-10(2)6-7-15/h10-11,14-15H,5-8H2,1-4H3. The smallest absolute Gasteiger partial charge is 0.104 e. The summed E-state index contributed by atoms with van der Waals surface area (Å²) in [4.78, 5) is 0. The van der Waals surface area contributed by atoms with Gasteiger partial charge in [-0.25, -0.2) is 0 Å². The third-order valence-electron chi connectivity index (χ3n) is 2.51. The molecule has 0 aromatic carbocycles. The van der Waals surface area contributed by atoms with Crippen molar-refractivity contribution in [2.75, 3.05) is 13.2 Å². The quantitative estimate of drug-likeness (QED) is 0.687. The molecule has 3 nitrogen and oxygen atoms in total. The van der Waals surface area contributed by atoms with Gasteiger partial charge in [-0.2, -0.15) is 17.0 Å². The van der Waals surface area contributed by atoms with E-state index in [4.69, 9.17) is 10.4 Å². The molecule has 0 aromatic rings. The molecule has 0 heterocycles. The summed E-state index contributed by atoms with van der Waals surface area (Å²) < 4.78 is 0. The van der Waals surface area contributed by atoms with Crippen molar-refractivity contribution in [3.63, 3.8) is 0 Å². The van der Waals surface area contributed by atoms with Crippen LogP contribution >= 0.6 is 11.8 Å². The van der Waals surface area contributed by atoms with Crippen molar-refractivity contribution in [2.45, 2.75) is 56.6 Å². The minimum absolute atomic E-state index is 0.240. The third kappa shape index (κ3) is 6.37. The van der Waals surface area contributed by atoms with Gasteiger partial charge in [-0.05, 0) is 26.3 Å². The Morgan fingerprint density at radius 1 is 1.44 bits per heavy atom. The van der Waals surface area contributed by atoms with Crippen LogP contribution in [0.25, 0.3) is 0 Å². The summed E-state index contributed by atoms with van der Waals surface area (Å²) in [6.45, 7) is 9.28. The molecule has 0 saturated carbocycles. The average Bonchev–Trinajstić information content (AvgIpc) is 2.17. The van der Waals surface area contributed by atoms with E-state index in [9.17, 15) is 0 Å². The van der Waals surface area contributed by atoms with Gasteiger partial charge in [0.2, 0.25) is 0 Å². The first-order valence-electron chi connectivity index (χ1n) is 5.90. The van der Waals surface area contributed by atoms with Crippen LogP contribution in [0.4, 0.5) is 0 Å². The van der Waals surface area contributed by atoms with Gasteiger partial charge in [0.1, 0.15) is 5.54 Å². The first kappa shape index (κ1) is 15.8. The second-order valence-corrected chi connectivity index (χ2v) is 6.33. The second-order valence-electron chi connectivity index (χ2n) is 4.45. The molecule has 0 radical (unpaired) electrons. The van der Waals surface area contributed by atoms with E-state index in [1.807, 2.05) is 25.6 Å². The van der Waals surface area contributed by atoms with E-state index in [1.54, 1.807) is 0 Å². The van der Waals surface area contributed by atoms with Crippen LogP contribution in [0.3, 0.4) is 0 Å². The van der Waals surface area contributed by atoms with Crippen molar-refractivity contribution in [2.24, 2.45) is 0 Å². The maximum absolute atomic E-state index is 9.14. The monoisotopic (exact) mass is 244 g/mol. The number of nitrogens with one attached hydrogen (secondary N) is 1. The predicted octanol–water partition coefficient (Wildman–Crippen LogP) is 2.16. The van der Waals surface area contributed by atoms with Crippen molar-refractivity contribution in [1.29, 1.82) is 5.26 Å². The summed E-state index contributed by atoms with van der Waals surface area (Å²) in [5.41, 5.74) is -0.430. The molecular formula is C12H24N2OS. The van der Waals surface area contributed by atoms with E-state index in [1.165, 1.54) is 0 Å². The summed E-state index contributed by atoms with van der Waals surface area (Å²) in [7, 11) is 0. The lowest BCUT2D eigenvalue weighted by Crippen LogP contribution is -2.42. The molecule has 2 N–H and O–H groups in total. The van der Waals surface area contributed by atoms with Crippen molar-refractivity contribution in [3.05, 3.63) is 0 Å². The van der Waals surface area contributed by atoms with Crippen molar-refractivity contribution < 1.29 is 5.11 Å². The van der Waals surface area contributed by atoms with Gasteiger partial charge >= 0.3 is 0 Å². The van der Waals surface area contributed by atoms with Crippen LogP contribution in [-0.2, 0) is 0 Å². The summed E-state index contributed by atoms with van der Waals surface area (Å²) in [5, 5.41) is 22.1. The molecule has 0 aliphatic carbocycles. The summed E-state index contributed by atoms with van der Waals surface area (Å²) >= 11 is 1.84. The molecule has 0 spiro atoms. The average molecular weight is 244 g/mol. The zero-order valence-electron chi connectivity index (χ0n) is 10.8. The Morgan fingerprint density at radius 3 is 2.50 bits per heavy atom. The lowest BCUT2D eigenvalue weighted by atomic mass is 9.98. The molecule has 0 aliphatic rings. The molecule has 0 saturated heterocycles. The van der Waals surface area contributed by atoms with Crippen molar-refractivity contribution in [1.82, 2.24) is 5.32 Å².